The zero-order chi connectivity index (χ0) is 19.2. The van der Waals surface area contributed by atoms with Crippen molar-refractivity contribution in [1.82, 2.24) is 10.3 Å². The Morgan fingerprint density at radius 3 is 2.50 bits per heavy atom. The lowest BCUT2D eigenvalue weighted by atomic mass is 9.91. The van der Waals surface area contributed by atoms with E-state index in [9.17, 15) is 0 Å². The van der Waals surface area contributed by atoms with E-state index in [4.69, 9.17) is 0 Å². The van der Waals surface area contributed by atoms with Gasteiger partial charge >= 0.3 is 0 Å². The van der Waals surface area contributed by atoms with E-state index in [0.29, 0.717) is 0 Å². The molecule has 0 saturated heterocycles. The number of hydrogen-bond donors (Lipinski definition) is 2. The summed E-state index contributed by atoms with van der Waals surface area (Å²) in [6.07, 6.45) is 9.62. The largest absolute Gasteiger partial charge is 0.368 e. The van der Waals surface area contributed by atoms with Crippen molar-refractivity contribution in [3.63, 3.8) is 0 Å². The summed E-state index contributed by atoms with van der Waals surface area (Å²) in [6.45, 7) is 14.4. The Morgan fingerprint density at radius 1 is 1.12 bits per heavy atom. The standard InChI is InChI=1S/C23H29N3/c1-7-9-18(16-24-8-2)21-14-19(11-10-17(21)3)26-20-12-13-25-22(15-20)23(4,5)6/h7-16,24H,2H2,1,3-6H3,(H,25,26)/b9-7-,18-16+. The molecule has 0 aliphatic heterocycles. The van der Waals surface area contributed by atoms with Crippen LogP contribution in [0.5, 0.6) is 0 Å². The maximum Gasteiger partial charge on any atom is 0.0477 e. The summed E-state index contributed by atoms with van der Waals surface area (Å²) in [5.74, 6) is 0. The third-order valence-electron chi connectivity index (χ3n) is 4.07. The fourth-order valence-corrected chi connectivity index (χ4v) is 2.64. The summed E-state index contributed by atoms with van der Waals surface area (Å²) in [6, 6.07) is 10.5. The Kier molecular flexibility index (Phi) is 6.40. The van der Waals surface area contributed by atoms with Gasteiger partial charge in [-0.25, -0.2) is 0 Å². The Hall–Kier alpha value is -2.81. The molecule has 0 radical (unpaired) electrons. The van der Waals surface area contributed by atoms with Gasteiger partial charge in [0, 0.05) is 34.9 Å². The van der Waals surface area contributed by atoms with Crippen molar-refractivity contribution in [3.8, 4) is 0 Å². The molecule has 1 aromatic carbocycles. The lowest BCUT2D eigenvalue weighted by Crippen LogP contribution is -2.13. The average Bonchev–Trinajstić information content (AvgIpc) is 2.60. The highest BCUT2D eigenvalue weighted by molar-refractivity contribution is 5.78. The van der Waals surface area contributed by atoms with Gasteiger partial charge in [0.05, 0.1) is 0 Å². The smallest absolute Gasteiger partial charge is 0.0477 e. The molecule has 0 amide bonds. The van der Waals surface area contributed by atoms with Gasteiger partial charge in [0.15, 0.2) is 0 Å². The van der Waals surface area contributed by atoms with E-state index >= 15 is 0 Å². The van der Waals surface area contributed by atoms with Crippen LogP contribution in [0.3, 0.4) is 0 Å². The van der Waals surface area contributed by atoms with Gasteiger partial charge in [-0.15, -0.1) is 0 Å². The molecule has 0 spiro atoms. The van der Waals surface area contributed by atoms with Crippen LogP contribution in [0.15, 0.2) is 67.7 Å². The van der Waals surface area contributed by atoms with Crippen LogP contribution in [0, 0.1) is 6.92 Å². The molecule has 0 unspecified atom stereocenters. The summed E-state index contributed by atoms with van der Waals surface area (Å²) < 4.78 is 0. The molecule has 1 aromatic heterocycles. The first-order valence-electron chi connectivity index (χ1n) is 8.89. The minimum Gasteiger partial charge on any atom is -0.368 e. The van der Waals surface area contributed by atoms with E-state index in [1.54, 1.807) is 6.20 Å². The zero-order valence-corrected chi connectivity index (χ0v) is 16.4. The van der Waals surface area contributed by atoms with Crippen LogP contribution in [0.1, 0.15) is 44.5 Å². The predicted octanol–water partition coefficient (Wildman–Crippen LogP) is 6.08. The molecule has 0 atom stereocenters. The second kappa shape index (κ2) is 8.52. The van der Waals surface area contributed by atoms with Crippen molar-refractivity contribution < 1.29 is 0 Å². The van der Waals surface area contributed by atoms with E-state index in [1.165, 1.54) is 11.1 Å². The third kappa shape index (κ3) is 5.09. The number of benzene rings is 1. The van der Waals surface area contributed by atoms with Gasteiger partial charge in [-0.3, -0.25) is 4.98 Å². The number of nitrogens with one attached hydrogen (secondary N) is 2. The SMILES string of the molecule is C=CN/C=C(\C=C/C)c1cc(Nc2ccnc(C(C)(C)C)c2)ccc1C. The molecular weight excluding hydrogens is 318 g/mol. The highest BCUT2D eigenvalue weighted by Gasteiger charge is 2.15. The van der Waals surface area contributed by atoms with Crippen LogP contribution in [-0.4, -0.2) is 4.98 Å². The highest BCUT2D eigenvalue weighted by atomic mass is 14.9. The lowest BCUT2D eigenvalue weighted by molar-refractivity contribution is 0.569. The first kappa shape index (κ1) is 19.5. The Balaban J connectivity index is 2.36. The summed E-state index contributed by atoms with van der Waals surface area (Å²) in [5, 5.41) is 6.58. The van der Waals surface area contributed by atoms with Crippen LogP contribution in [0.2, 0.25) is 0 Å². The highest BCUT2D eigenvalue weighted by Crippen LogP contribution is 2.27. The average molecular weight is 348 g/mol. The molecule has 0 aliphatic rings. The van der Waals surface area contributed by atoms with Gasteiger partial charge in [0.1, 0.15) is 0 Å². The van der Waals surface area contributed by atoms with Crippen LogP contribution >= 0.6 is 0 Å². The van der Waals surface area contributed by atoms with E-state index in [2.05, 4.69) is 80.2 Å². The number of hydrogen-bond acceptors (Lipinski definition) is 3. The number of aromatic nitrogens is 1. The first-order chi connectivity index (χ1) is 12.3. The quantitative estimate of drug-likeness (QED) is 0.622. The molecule has 2 rings (SSSR count). The first-order valence-corrected chi connectivity index (χ1v) is 8.89. The van der Waals surface area contributed by atoms with E-state index < -0.39 is 0 Å². The fourth-order valence-electron chi connectivity index (χ4n) is 2.64. The molecule has 3 nitrogen and oxygen atoms in total. The Morgan fingerprint density at radius 2 is 1.85 bits per heavy atom. The maximum absolute atomic E-state index is 4.49. The Bertz CT molecular complexity index is 824. The number of aryl methyl sites for hydroxylation is 1. The number of rotatable bonds is 6. The lowest BCUT2D eigenvalue weighted by Gasteiger charge is -2.19. The van der Waals surface area contributed by atoms with Crippen molar-refractivity contribution in [2.24, 2.45) is 0 Å². The monoisotopic (exact) mass is 347 g/mol. The maximum atomic E-state index is 4.49. The van der Waals surface area contributed by atoms with Crippen molar-refractivity contribution in [1.29, 1.82) is 0 Å². The molecule has 3 heteroatoms. The van der Waals surface area contributed by atoms with Crippen molar-refractivity contribution in [2.45, 2.75) is 40.0 Å². The summed E-state index contributed by atoms with van der Waals surface area (Å²) >= 11 is 0. The van der Waals surface area contributed by atoms with Crippen LogP contribution in [0.25, 0.3) is 5.57 Å². The minimum atomic E-state index is 0.0221. The van der Waals surface area contributed by atoms with Gasteiger partial charge in [0.25, 0.3) is 0 Å². The zero-order valence-electron chi connectivity index (χ0n) is 16.4. The van der Waals surface area contributed by atoms with Gasteiger partial charge in [-0.1, -0.05) is 45.6 Å². The Labute approximate surface area is 157 Å². The number of nitrogens with zero attached hydrogens (tertiary/aromatic N) is 1. The molecule has 26 heavy (non-hydrogen) atoms. The normalized spacial score (nSPS) is 12.3. The number of allylic oxidation sites excluding steroid dienone is 3. The fraction of sp³-hybridized carbons (Fsp3) is 0.261. The minimum absolute atomic E-state index is 0.0221. The predicted molar refractivity (Wildman–Crippen MR) is 114 cm³/mol. The molecule has 2 N–H and O–H groups in total. The molecule has 0 aliphatic carbocycles. The van der Waals surface area contributed by atoms with Crippen LogP contribution < -0.4 is 10.6 Å². The van der Waals surface area contributed by atoms with Crippen molar-refractivity contribution in [3.05, 3.63) is 84.5 Å². The van der Waals surface area contributed by atoms with Gasteiger partial charge in [-0.05, 0) is 61.0 Å². The third-order valence-corrected chi connectivity index (χ3v) is 4.07. The molecular formula is C23H29N3. The van der Waals surface area contributed by atoms with Crippen molar-refractivity contribution in [2.75, 3.05) is 5.32 Å². The van der Waals surface area contributed by atoms with E-state index in [0.717, 1.165) is 22.6 Å². The topological polar surface area (TPSA) is 37.0 Å². The number of pyridine rings is 1. The van der Waals surface area contributed by atoms with Crippen LogP contribution in [-0.2, 0) is 5.41 Å². The molecule has 136 valence electrons. The summed E-state index contributed by atoms with van der Waals surface area (Å²) in [5.41, 5.74) is 6.68. The molecule has 2 aromatic rings. The number of anilines is 2. The molecule has 1 heterocycles. The molecule has 0 bridgehead atoms. The summed E-state index contributed by atoms with van der Waals surface area (Å²) in [4.78, 5) is 4.49. The summed E-state index contributed by atoms with van der Waals surface area (Å²) in [7, 11) is 0. The molecule has 0 saturated carbocycles. The van der Waals surface area contributed by atoms with Gasteiger partial charge in [0.2, 0.25) is 0 Å². The van der Waals surface area contributed by atoms with Crippen LogP contribution in [0.4, 0.5) is 11.4 Å². The van der Waals surface area contributed by atoms with Crippen molar-refractivity contribution >= 4 is 16.9 Å². The second-order valence-corrected chi connectivity index (χ2v) is 7.30. The van der Waals surface area contributed by atoms with Gasteiger partial charge < -0.3 is 10.6 Å². The van der Waals surface area contributed by atoms with Gasteiger partial charge in [-0.2, -0.15) is 0 Å². The van der Waals surface area contributed by atoms with E-state index in [1.807, 2.05) is 31.5 Å². The second-order valence-electron chi connectivity index (χ2n) is 7.30. The molecule has 0 fully saturated rings. The van der Waals surface area contributed by atoms with E-state index in [-0.39, 0.29) is 5.41 Å².